The van der Waals surface area contributed by atoms with E-state index in [-0.39, 0.29) is 12.2 Å². The van der Waals surface area contributed by atoms with E-state index in [0.29, 0.717) is 29.1 Å². The maximum Gasteiger partial charge on any atom is 0.294 e. The lowest BCUT2D eigenvalue weighted by molar-refractivity contribution is 0.0938. The zero-order valence-electron chi connectivity index (χ0n) is 12.1. The van der Waals surface area contributed by atoms with Crippen LogP contribution in [0.2, 0.25) is 0 Å². The number of benzene rings is 1. The lowest BCUT2D eigenvalue weighted by Gasteiger charge is -2.13. The van der Waals surface area contributed by atoms with Crippen molar-refractivity contribution in [3.05, 3.63) is 65.0 Å². The van der Waals surface area contributed by atoms with Gasteiger partial charge < -0.3 is 9.57 Å². The van der Waals surface area contributed by atoms with Crippen molar-refractivity contribution < 1.29 is 9.57 Å². The van der Waals surface area contributed by atoms with Crippen LogP contribution in [0.3, 0.4) is 0 Å². The Morgan fingerprint density at radius 3 is 2.82 bits per heavy atom. The van der Waals surface area contributed by atoms with E-state index in [4.69, 9.17) is 9.57 Å². The molecule has 0 saturated carbocycles. The number of para-hydroxylation sites is 1. The maximum atomic E-state index is 12.5. The first kappa shape index (κ1) is 14.1. The highest BCUT2D eigenvalue weighted by atomic mass is 16.7. The third-order valence-corrected chi connectivity index (χ3v) is 3.06. The van der Waals surface area contributed by atoms with Gasteiger partial charge in [0.05, 0.1) is 17.1 Å². The van der Waals surface area contributed by atoms with Crippen molar-refractivity contribution in [3.8, 4) is 5.75 Å². The van der Waals surface area contributed by atoms with Gasteiger partial charge in [0.15, 0.2) is 5.82 Å². The molecule has 6 nitrogen and oxygen atoms in total. The molecule has 0 saturated heterocycles. The number of hydrogen-bond acceptors (Lipinski definition) is 5. The first-order valence-corrected chi connectivity index (χ1v) is 6.96. The van der Waals surface area contributed by atoms with Crippen LogP contribution in [0.25, 0.3) is 10.9 Å². The minimum Gasteiger partial charge on any atom is -0.484 e. The van der Waals surface area contributed by atoms with Crippen LogP contribution < -0.4 is 15.1 Å². The lowest BCUT2D eigenvalue weighted by Crippen LogP contribution is -2.32. The molecule has 3 aromatic rings. The third kappa shape index (κ3) is 2.76. The molecule has 0 amide bonds. The second kappa shape index (κ2) is 6.26. The summed E-state index contributed by atoms with van der Waals surface area (Å²) in [6, 6.07) is 10.7. The molecule has 0 aliphatic heterocycles. The second-order valence-electron chi connectivity index (χ2n) is 4.54. The van der Waals surface area contributed by atoms with Crippen LogP contribution in [0, 0.1) is 0 Å². The van der Waals surface area contributed by atoms with Crippen molar-refractivity contribution in [3.63, 3.8) is 0 Å². The van der Waals surface area contributed by atoms with Crippen molar-refractivity contribution in [2.24, 2.45) is 0 Å². The van der Waals surface area contributed by atoms with E-state index in [1.807, 2.05) is 13.0 Å². The molecule has 0 unspecified atom stereocenters. The molecule has 1 aromatic carbocycles. The van der Waals surface area contributed by atoms with Crippen LogP contribution in [0.15, 0.2) is 53.6 Å². The number of aromatic nitrogens is 3. The third-order valence-electron chi connectivity index (χ3n) is 3.06. The van der Waals surface area contributed by atoms with Gasteiger partial charge in [-0.15, -0.1) is 4.73 Å². The van der Waals surface area contributed by atoms with Gasteiger partial charge in [-0.25, -0.2) is 4.98 Å². The molecule has 0 atom stereocenters. The van der Waals surface area contributed by atoms with E-state index in [1.54, 1.807) is 42.7 Å². The van der Waals surface area contributed by atoms with E-state index >= 15 is 0 Å². The molecule has 112 valence electrons. The Morgan fingerprint density at radius 2 is 2.05 bits per heavy atom. The second-order valence-corrected chi connectivity index (χ2v) is 4.54. The van der Waals surface area contributed by atoms with E-state index in [9.17, 15) is 4.79 Å². The highest BCUT2D eigenvalue weighted by Crippen LogP contribution is 2.11. The molecule has 22 heavy (non-hydrogen) atoms. The van der Waals surface area contributed by atoms with Crippen molar-refractivity contribution in [1.29, 1.82) is 0 Å². The number of hydrogen-bond donors (Lipinski definition) is 0. The summed E-state index contributed by atoms with van der Waals surface area (Å²) < 4.78 is 6.81. The van der Waals surface area contributed by atoms with Crippen LogP contribution in [-0.4, -0.2) is 21.3 Å². The standard InChI is InChI=1S/C16H15N3O3/c1-2-22-19-15(11-21-12-6-5-9-17-10-12)18-14-8-4-3-7-13(14)16(19)20/h3-10H,2,11H2,1H3. The van der Waals surface area contributed by atoms with Crippen LogP contribution in [-0.2, 0) is 6.61 Å². The summed E-state index contributed by atoms with van der Waals surface area (Å²) in [4.78, 5) is 26.3. The molecule has 0 aliphatic rings. The first-order valence-electron chi connectivity index (χ1n) is 6.96. The molecule has 0 spiro atoms. The molecule has 0 radical (unpaired) electrons. The average Bonchev–Trinajstić information content (AvgIpc) is 2.57. The number of nitrogens with zero attached hydrogens (tertiary/aromatic N) is 3. The van der Waals surface area contributed by atoms with Gasteiger partial charge in [0.1, 0.15) is 19.0 Å². The number of rotatable bonds is 5. The normalized spacial score (nSPS) is 10.6. The average molecular weight is 297 g/mol. The topological polar surface area (TPSA) is 66.2 Å². The molecule has 2 aromatic heterocycles. The van der Waals surface area contributed by atoms with Crippen molar-refractivity contribution in [2.75, 3.05) is 6.61 Å². The monoisotopic (exact) mass is 297 g/mol. The van der Waals surface area contributed by atoms with Gasteiger partial charge in [0, 0.05) is 6.20 Å². The summed E-state index contributed by atoms with van der Waals surface area (Å²) in [7, 11) is 0. The van der Waals surface area contributed by atoms with E-state index in [0.717, 1.165) is 0 Å². The van der Waals surface area contributed by atoms with Crippen molar-refractivity contribution in [1.82, 2.24) is 14.7 Å². The largest absolute Gasteiger partial charge is 0.484 e. The van der Waals surface area contributed by atoms with Crippen LogP contribution in [0.5, 0.6) is 5.75 Å². The fourth-order valence-electron chi connectivity index (χ4n) is 2.10. The number of ether oxygens (including phenoxy) is 1. The van der Waals surface area contributed by atoms with Gasteiger partial charge in [-0.3, -0.25) is 9.78 Å². The van der Waals surface area contributed by atoms with Gasteiger partial charge in [0.25, 0.3) is 5.56 Å². The fourth-order valence-corrected chi connectivity index (χ4v) is 2.10. The van der Waals surface area contributed by atoms with Crippen LogP contribution in [0.4, 0.5) is 0 Å². The molecule has 2 heterocycles. The van der Waals surface area contributed by atoms with E-state index < -0.39 is 0 Å². The number of pyridine rings is 1. The summed E-state index contributed by atoms with van der Waals surface area (Å²) in [6.07, 6.45) is 3.27. The molecule has 0 N–H and O–H groups in total. The molecule has 0 bridgehead atoms. The molecular weight excluding hydrogens is 282 g/mol. The van der Waals surface area contributed by atoms with E-state index in [2.05, 4.69) is 9.97 Å². The highest BCUT2D eigenvalue weighted by Gasteiger charge is 2.12. The molecular formula is C16H15N3O3. The maximum absolute atomic E-state index is 12.5. The highest BCUT2D eigenvalue weighted by molar-refractivity contribution is 5.77. The zero-order valence-corrected chi connectivity index (χ0v) is 12.1. The molecule has 6 heteroatoms. The predicted molar refractivity (Wildman–Crippen MR) is 81.7 cm³/mol. The van der Waals surface area contributed by atoms with Crippen LogP contribution >= 0.6 is 0 Å². The quantitative estimate of drug-likeness (QED) is 0.718. The Morgan fingerprint density at radius 1 is 1.18 bits per heavy atom. The Bertz CT molecular complexity index is 831. The smallest absolute Gasteiger partial charge is 0.294 e. The Hall–Kier alpha value is -2.89. The summed E-state index contributed by atoms with van der Waals surface area (Å²) in [5.41, 5.74) is 0.380. The molecule has 0 aliphatic carbocycles. The first-order chi connectivity index (χ1) is 10.8. The van der Waals surface area contributed by atoms with Gasteiger partial charge >= 0.3 is 0 Å². The SMILES string of the molecule is CCOn1c(COc2cccnc2)nc2ccccc2c1=O. The Labute approximate surface area is 126 Å². The lowest BCUT2D eigenvalue weighted by atomic mass is 10.2. The summed E-state index contributed by atoms with van der Waals surface area (Å²) in [5, 5.41) is 0.515. The molecule has 0 fully saturated rings. The van der Waals surface area contributed by atoms with Crippen molar-refractivity contribution in [2.45, 2.75) is 13.5 Å². The van der Waals surface area contributed by atoms with Crippen molar-refractivity contribution >= 4 is 10.9 Å². The van der Waals surface area contributed by atoms with Gasteiger partial charge in [-0.05, 0) is 31.2 Å². The molecule has 3 rings (SSSR count). The van der Waals surface area contributed by atoms with Gasteiger partial charge in [-0.1, -0.05) is 12.1 Å². The van der Waals surface area contributed by atoms with Crippen LogP contribution in [0.1, 0.15) is 12.7 Å². The van der Waals surface area contributed by atoms with E-state index in [1.165, 1.54) is 4.73 Å². The minimum atomic E-state index is -0.239. The predicted octanol–water partition coefficient (Wildman–Crippen LogP) is 1.82. The summed E-state index contributed by atoms with van der Waals surface area (Å²) in [5.74, 6) is 1.02. The number of fused-ring (bicyclic) bond motifs is 1. The summed E-state index contributed by atoms with van der Waals surface area (Å²) >= 11 is 0. The van der Waals surface area contributed by atoms with Gasteiger partial charge in [-0.2, -0.15) is 0 Å². The van der Waals surface area contributed by atoms with Gasteiger partial charge in [0.2, 0.25) is 0 Å². The Balaban J connectivity index is 2.00. The minimum absolute atomic E-state index is 0.117. The summed E-state index contributed by atoms with van der Waals surface area (Å²) in [6.45, 7) is 2.29. The Kier molecular flexibility index (Phi) is 4.00. The zero-order chi connectivity index (χ0) is 15.4. The fraction of sp³-hybridized carbons (Fsp3) is 0.188.